The third-order valence-corrected chi connectivity index (χ3v) is 5.13. The fourth-order valence-corrected chi connectivity index (χ4v) is 3.57. The monoisotopic (exact) mass is 450 g/mol. The number of halogens is 4. The minimum absolute atomic E-state index is 0.0613. The van der Waals surface area contributed by atoms with Gasteiger partial charge in [-0.3, -0.25) is 0 Å². The SMILES string of the molecule is FC(F)C(F)(F)OC1C=CC=C(Nc2ncnc(-c3ccnc(N4CCCCC4)c3)n2)C1. The molecule has 0 amide bonds. The van der Waals surface area contributed by atoms with Crippen LogP contribution in [0, 0.1) is 0 Å². The number of ether oxygens (including phenoxy) is 1. The summed E-state index contributed by atoms with van der Waals surface area (Å²) in [4.78, 5) is 19.4. The van der Waals surface area contributed by atoms with Crippen LogP contribution in [0.4, 0.5) is 29.3 Å². The molecule has 2 aromatic heterocycles. The summed E-state index contributed by atoms with van der Waals surface area (Å²) in [7, 11) is 0. The maximum Gasteiger partial charge on any atom is 0.417 e. The molecule has 0 aromatic carbocycles. The number of nitrogens with zero attached hydrogens (tertiary/aromatic N) is 5. The van der Waals surface area contributed by atoms with Crippen LogP contribution in [0.2, 0.25) is 0 Å². The number of allylic oxidation sites excluding steroid dienone is 2. The first-order valence-corrected chi connectivity index (χ1v) is 10.3. The maximum absolute atomic E-state index is 13.2. The van der Waals surface area contributed by atoms with Gasteiger partial charge >= 0.3 is 12.5 Å². The molecule has 1 atom stereocenters. The Bertz CT molecular complexity index is 994. The van der Waals surface area contributed by atoms with Crippen LogP contribution < -0.4 is 10.2 Å². The second-order valence-electron chi connectivity index (χ2n) is 7.51. The maximum atomic E-state index is 13.2. The average molecular weight is 450 g/mol. The Labute approximate surface area is 182 Å². The quantitative estimate of drug-likeness (QED) is 0.626. The Kier molecular flexibility index (Phi) is 6.63. The van der Waals surface area contributed by atoms with Gasteiger partial charge in [0.1, 0.15) is 12.1 Å². The van der Waals surface area contributed by atoms with Crippen LogP contribution in [-0.4, -0.2) is 51.7 Å². The molecule has 3 heterocycles. The van der Waals surface area contributed by atoms with E-state index in [1.54, 1.807) is 18.3 Å². The predicted molar refractivity (Wildman–Crippen MR) is 110 cm³/mol. The zero-order valence-corrected chi connectivity index (χ0v) is 17.1. The molecule has 0 bridgehead atoms. The van der Waals surface area contributed by atoms with Crippen molar-refractivity contribution in [3.05, 3.63) is 48.6 Å². The minimum atomic E-state index is -4.52. The highest BCUT2D eigenvalue weighted by Gasteiger charge is 2.44. The number of aromatic nitrogens is 4. The van der Waals surface area contributed by atoms with Crippen LogP contribution in [0.3, 0.4) is 0 Å². The van der Waals surface area contributed by atoms with Crippen molar-refractivity contribution in [3.63, 3.8) is 0 Å². The fourth-order valence-electron chi connectivity index (χ4n) is 3.57. The molecule has 1 N–H and O–H groups in total. The summed E-state index contributed by atoms with van der Waals surface area (Å²) in [6, 6.07) is 3.72. The Hall–Kier alpha value is -3.08. The van der Waals surface area contributed by atoms with Crippen molar-refractivity contribution in [1.29, 1.82) is 0 Å². The number of anilines is 2. The van der Waals surface area contributed by atoms with Crippen molar-refractivity contribution < 1.29 is 22.3 Å². The van der Waals surface area contributed by atoms with Crippen LogP contribution in [0.25, 0.3) is 11.4 Å². The number of alkyl halides is 4. The van der Waals surface area contributed by atoms with Crippen molar-refractivity contribution in [3.8, 4) is 11.4 Å². The summed E-state index contributed by atoms with van der Waals surface area (Å²) < 4.78 is 55.5. The van der Waals surface area contributed by atoms with E-state index in [4.69, 9.17) is 0 Å². The zero-order chi connectivity index (χ0) is 22.6. The van der Waals surface area contributed by atoms with E-state index in [9.17, 15) is 17.6 Å². The first-order chi connectivity index (χ1) is 15.4. The van der Waals surface area contributed by atoms with Gasteiger partial charge in [-0.2, -0.15) is 13.8 Å². The minimum Gasteiger partial charge on any atom is -0.357 e. The standard InChI is InChI=1S/C21H22F4N6O/c22-19(23)21(24,25)32-16-6-4-5-15(12-16)29-20-28-13-27-18(30-20)14-7-8-26-17(11-14)31-9-2-1-3-10-31/h4-8,11,13,16,19H,1-3,9-10,12H2,(H,27,28,29,30). The number of rotatable bonds is 7. The summed E-state index contributed by atoms with van der Waals surface area (Å²) in [6.45, 7) is 1.91. The van der Waals surface area contributed by atoms with Crippen LogP contribution in [0.15, 0.2) is 48.6 Å². The molecule has 32 heavy (non-hydrogen) atoms. The Morgan fingerprint density at radius 2 is 1.94 bits per heavy atom. The lowest BCUT2D eigenvalue weighted by molar-refractivity contribution is -0.311. The van der Waals surface area contributed by atoms with E-state index in [2.05, 4.69) is 34.9 Å². The first-order valence-electron chi connectivity index (χ1n) is 10.3. The van der Waals surface area contributed by atoms with Gasteiger partial charge in [-0.25, -0.2) is 23.7 Å². The van der Waals surface area contributed by atoms with E-state index in [-0.39, 0.29) is 12.4 Å². The zero-order valence-electron chi connectivity index (χ0n) is 17.1. The van der Waals surface area contributed by atoms with E-state index >= 15 is 0 Å². The van der Waals surface area contributed by atoms with Crippen LogP contribution in [-0.2, 0) is 4.74 Å². The number of hydrogen-bond acceptors (Lipinski definition) is 7. The summed E-state index contributed by atoms with van der Waals surface area (Å²) in [5, 5.41) is 2.92. The topological polar surface area (TPSA) is 76.1 Å². The smallest absolute Gasteiger partial charge is 0.357 e. The van der Waals surface area contributed by atoms with E-state index in [0.717, 1.165) is 37.3 Å². The average Bonchev–Trinajstić information content (AvgIpc) is 2.80. The number of nitrogens with one attached hydrogen (secondary N) is 1. The van der Waals surface area contributed by atoms with Gasteiger partial charge < -0.3 is 15.0 Å². The van der Waals surface area contributed by atoms with E-state index in [1.165, 1.54) is 24.9 Å². The molecule has 1 aliphatic heterocycles. The van der Waals surface area contributed by atoms with E-state index in [0.29, 0.717) is 11.5 Å². The number of piperidine rings is 1. The first kappa shape index (κ1) is 22.1. The lowest BCUT2D eigenvalue weighted by Gasteiger charge is -2.27. The summed E-state index contributed by atoms with van der Waals surface area (Å²) in [5.74, 6) is 1.48. The summed E-state index contributed by atoms with van der Waals surface area (Å²) in [6.07, 6.45) is 1.18. The van der Waals surface area contributed by atoms with Crippen LogP contribution >= 0.6 is 0 Å². The predicted octanol–water partition coefficient (Wildman–Crippen LogP) is 4.42. The Morgan fingerprint density at radius 1 is 1.12 bits per heavy atom. The molecule has 7 nitrogen and oxygen atoms in total. The molecule has 1 saturated heterocycles. The lowest BCUT2D eigenvalue weighted by Crippen LogP contribution is -2.35. The summed E-state index contributed by atoms with van der Waals surface area (Å²) >= 11 is 0. The van der Waals surface area contributed by atoms with Crippen molar-refractivity contribution in [2.45, 2.75) is 44.3 Å². The molecule has 170 valence electrons. The van der Waals surface area contributed by atoms with Gasteiger partial charge in [-0.05, 0) is 37.5 Å². The molecule has 1 fully saturated rings. The van der Waals surface area contributed by atoms with Gasteiger partial charge in [0.15, 0.2) is 5.82 Å². The van der Waals surface area contributed by atoms with Gasteiger partial charge in [0.05, 0.1) is 6.10 Å². The molecule has 0 saturated carbocycles. The molecular formula is C21H22F4N6O. The molecular weight excluding hydrogens is 428 g/mol. The summed E-state index contributed by atoms with van der Waals surface area (Å²) in [5.41, 5.74) is 1.21. The molecule has 4 rings (SSSR count). The van der Waals surface area contributed by atoms with Gasteiger partial charge in [0, 0.05) is 37.0 Å². The van der Waals surface area contributed by atoms with Crippen molar-refractivity contribution in [1.82, 2.24) is 19.9 Å². The van der Waals surface area contributed by atoms with Crippen molar-refractivity contribution in [2.75, 3.05) is 23.3 Å². The normalized spacial score (nSPS) is 19.2. The van der Waals surface area contributed by atoms with Gasteiger partial charge in [0.25, 0.3) is 0 Å². The van der Waals surface area contributed by atoms with Crippen molar-refractivity contribution in [2.24, 2.45) is 0 Å². The second kappa shape index (κ2) is 9.60. The molecule has 1 unspecified atom stereocenters. The molecule has 11 heteroatoms. The fraction of sp³-hybridized carbons (Fsp3) is 0.429. The van der Waals surface area contributed by atoms with Gasteiger partial charge in [-0.1, -0.05) is 12.2 Å². The highest BCUT2D eigenvalue weighted by atomic mass is 19.3. The van der Waals surface area contributed by atoms with E-state index < -0.39 is 18.6 Å². The highest BCUT2D eigenvalue weighted by molar-refractivity contribution is 5.61. The Morgan fingerprint density at radius 3 is 2.72 bits per heavy atom. The van der Waals surface area contributed by atoms with Gasteiger partial charge in [0.2, 0.25) is 5.95 Å². The Balaban J connectivity index is 1.45. The third kappa shape index (κ3) is 5.39. The van der Waals surface area contributed by atoms with Crippen molar-refractivity contribution >= 4 is 11.8 Å². The molecule has 2 aromatic rings. The van der Waals surface area contributed by atoms with E-state index in [1.807, 2.05) is 6.07 Å². The van der Waals surface area contributed by atoms with Crippen LogP contribution in [0.5, 0.6) is 0 Å². The number of hydrogen-bond donors (Lipinski definition) is 1. The number of pyridine rings is 1. The third-order valence-electron chi connectivity index (χ3n) is 5.13. The molecule has 0 spiro atoms. The highest BCUT2D eigenvalue weighted by Crippen LogP contribution is 2.29. The molecule has 0 radical (unpaired) electrons. The molecule has 1 aliphatic carbocycles. The lowest BCUT2D eigenvalue weighted by atomic mass is 10.1. The van der Waals surface area contributed by atoms with Gasteiger partial charge in [-0.15, -0.1) is 0 Å². The largest absolute Gasteiger partial charge is 0.417 e. The second-order valence-corrected chi connectivity index (χ2v) is 7.51. The van der Waals surface area contributed by atoms with Crippen LogP contribution in [0.1, 0.15) is 25.7 Å². The molecule has 2 aliphatic rings.